The van der Waals surface area contributed by atoms with E-state index in [2.05, 4.69) is 4.90 Å². The van der Waals surface area contributed by atoms with Crippen molar-refractivity contribution in [1.82, 2.24) is 9.80 Å². The maximum Gasteiger partial charge on any atom is 0.295 e. The molecule has 0 aliphatic carbocycles. The molecule has 174 valence electrons. The number of rotatable bonds is 7. The van der Waals surface area contributed by atoms with E-state index in [1.165, 1.54) is 0 Å². The number of carbonyl (C=O) groups is 2. The molecule has 1 amide bonds. The van der Waals surface area contributed by atoms with Crippen molar-refractivity contribution in [2.45, 2.75) is 19.4 Å². The van der Waals surface area contributed by atoms with Crippen LogP contribution in [0.3, 0.4) is 0 Å². The summed E-state index contributed by atoms with van der Waals surface area (Å²) >= 11 is 0. The molecule has 7 nitrogen and oxygen atoms in total. The van der Waals surface area contributed by atoms with E-state index in [0.717, 1.165) is 50.4 Å². The number of likely N-dealkylation sites (tertiary alicyclic amines) is 1. The van der Waals surface area contributed by atoms with Gasteiger partial charge in [0, 0.05) is 31.7 Å². The summed E-state index contributed by atoms with van der Waals surface area (Å²) < 4.78 is 10.7. The zero-order chi connectivity index (χ0) is 23.4. The molecule has 4 rings (SSSR count). The molecule has 2 aromatic carbocycles. The minimum atomic E-state index is -0.650. The van der Waals surface area contributed by atoms with Crippen molar-refractivity contribution in [2.75, 3.05) is 46.5 Å². The average molecular weight is 451 g/mol. The maximum atomic E-state index is 13.2. The van der Waals surface area contributed by atoms with Crippen LogP contribution in [0, 0.1) is 6.92 Å². The molecule has 1 atom stereocenters. The summed E-state index contributed by atoms with van der Waals surface area (Å²) in [5, 5.41) is 11.2. The molecular weight excluding hydrogens is 420 g/mol. The van der Waals surface area contributed by atoms with E-state index in [0.29, 0.717) is 17.9 Å². The van der Waals surface area contributed by atoms with Crippen molar-refractivity contribution in [2.24, 2.45) is 0 Å². The number of aliphatic hydroxyl groups excluding tert-OH is 1. The Balaban J connectivity index is 1.67. The fraction of sp³-hybridized carbons (Fsp3) is 0.385. The highest BCUT2D eigenvalue weighted by Gasteiger charge is 2.45. The normalized spacial score (nSPS) is 20.9. The van der Waals surface area contributed by atoms with E-state index >= 15 is 0 Å². The van der Waals surface area contributed by atoms with Gasteiger partial charge in [0.15, 0.2) is 0 Å². The predicted octanol–water partition coefficient (Wildman–Crippen LogP) is 3.15. The fourth-order valence-electron chi connectivity index (χ4n) is 4.56. The third-order valence-electron chi connectivity index (χ3n) is 6.32. The maximum absolute atomic E-state index is 13.2. The lowest BCUT2D eigenvalue weighted by Crippen LogP contribution is -2.38. The zero-order valence-electron chi connectivity index (χ0n) is 19.1. The Bertz CT molecular complexity index is 1040. The highest BCUT2D eigenvalue weighted by molar-refractivity contribution is 6.46. The van der Waals surface area contributed by atoms with Crippen molar-refractivity contribution in [3.05, 3.63) is 70.8 Å². The Labute approximate surface area is 194 Å². The SMILES string of the molecule is COc1ccc(/C(O)=C2/C(=O)C(=O)N(CCCN3CCOCC3)C2c2ccccc2)c(C)c1. The number of Topliss-reactive ketones (excluding diaryl/α,β-unsaturated/α-hetero) is 1. The van der Waals surface area contributed by atoms with Crippen molar-refractivity contribution in [3.8, 4) is 5.75 Å². The largest absolute Gasteiger partial charge is 0.507 e. The molecule has 2 aliphatic rings. The highest BCUT2D eigenvalue weighted by Crippen LogP contribution is 2.40. The number of aryl methyl sites for hydroxylation is 1. The molecule has 1 unspecified atom stereocenters. The zero-order valence-corrected chi connectivity index (χ0v) is 19.1. The average Bonchev–Trinajstić information content (AvgIpc) is 3.10. The van der Waals surface area contributed by atoms with Gasteiger partial charge in [-0.2, -0.15) is 0 Å². The first kappa shape index (κ1) is 23.0. The van der Waals surface area contributed by atoms with Gasteiger partial charge in [-0.15, -0.1) is 0 Å². The van der Waals surface area contributed by atoms with Crippen LogP contribution in [-0.2, 0) is 14.3 Å². The van der Waals surface area contributed by atoms with Gasteiger partial charge < -0.3 is 19.5 Å². The molecule has 33 heavy (non-hydrogen) atoms. The number of morpholine rings is 1. The number of methoxy groups -OCH3 is 1. The van der Waals surface area contributed by atoms with Gasteiger partial charge in [-0.25, -0.2) is 0 Å². The molecular formula is C26H30N2O5. The number of ether oxygens (including phenoxy) is 2. The number of benzene rings is 2. The Kier molecular flexibility index (Phi) is 7.11. The Hall–Kier alpha value is -3.16. The van der Waals surface area contributed by atoms with Gasteiger partial charge in [-0.3, -0.25) is 14.5 Å². The van der Waals surface area contributed by atoms with Crippen LogP contribution in [0.2, 0.25) is 0 Å². The molecule has 0 spiro atoms. The first-order chi connectivity index (χ1) is 16.0. The monoisotopic (exact) mass is 450 g/mol. The Morgan fingerprint density at radius 1 is 1.09 bits per heavy atom. The minimum Gasteiger partial charge on any atom is -0.507 e. The van der Waals surface area contributed by atoms with E-state index in [-0.39, 0.29) is 11.3 Å². The molecule has 2 aliphatic heterocycles. The smallest absolute Gasteiger partial charge is 0.295 e. The standard InChI is InChI=1S/C26H30N2O5/c1-18-17-20(32-2)9-10-21(18)24(29)22-23(19-7-4-3-5-8-19)28(26(31)25(22)30)12-6-11-27-13-15-33-16-14-27/h3-5,7-10,17,23,29H,6,11-16H2,1-2H3/b24-22-. The van der Waals surface area contributed by atoms with E-state index in [4.69, 9.17) is 9.47 Å². The molecule has 0 radical (unpaired) electrons. The molecule has 7 heteroatoms. The highest BCUT2D eigenvalue weighted by atomic mass is 16.5. The Morgan fingerprint density at radius 2 is 1.82 bits per heavy atom. The van der Waals surface area contributed by atoms with Crippen LogP contribution in [0.5, 0.6) is 5.75 Å². The van der Waals surface area contributed by atoms with Gasteiger partial charge >= 0.3 is 0 Å². The number of hydrogen-bond donors (Lipinski definition) is 1. The van der Waals surface area contributed by atoms with Crippen LogP contribution in [0.4, 0.5) is 0 Å². The van der Waals surface area contributed by atoms with E-state index in [9.17, 15) is 14.7 Å². The molecule has 2 fully saturated rings. The first-order valence-electron chi connectivity index (χ1n) is 11.3. The lowest BCUT2D eigenvalue weighted by atomic mass is 9.94. The van der Waals surface area contributed by atoms with Crippen LogP contribution in [0.1, 0.15) is 29.2 Å². The number of carbonyl (C=O) groups excluding carboxylic acids is 2. The van der Waals surface area contributed by atoms with Gasteiger partial charge in [0.25, 0.3) is 11.7 Å². The summed E-state index contributed by atoms with van der Waals surface area (Å²) in [6, 6.07) is 14.0. The number of ketones is 1. The summed E-state index contributed by atoms with van der Waals surface area (Å²) in [5.41, 5.74) is 2.21. The predicted molar refractivity (Wildman–Crippen MR) is 125 cm³/mol. The van der Waals surface area contributed by atoms with Gasteiger partial charge in [0.1, 0.15) is 11.5 Å². The molecule has 0 aromatic heterocycles. The van der Waals surface area contributed by atoms with E-state index in [1.54, 1.807) is 30.2 Å². The molecule has 2 saturated heterocycles. The third-order valence-corrected chi connectivity index (χ3v) is 6.32. The summed E-state index contributed by atoms with van der Waals surface area (Å²) in [6.07, 6.45) is 0.734. The van der Waals surface area contributed by atoms with Crippen LogP contribution in [0.15, 0.2) is 54.1 Å². The van der Waals surface area contributed by atoms with Gasteiger partial charge in [-0.05, 0) is 42.7 Å². The van der Waals surface area contributed by atoms with E-state index < -0.39 is 17.7 Å². The number of amides is 1. The second kappa shape index (κ2) is 10.2. The van der Waals surface area contributed by atoms with Crippen LogP contribution < -0.4 is 4.74 Å². The van der Waals surface area contributed by atoms with Crippen LogP contribution in [0.25, 0.3) is 5.76 Å². The second-order valence-corrected chi connectivity index (χ2v) is 8.39. The fourth-order valence-corrected chi connectivity index (χ4v) is 4.56. The molecule has 1 N–H and O–H groups in total. The lowest BCUT2D eigenvalue weighted by Gasteiger charge is -2.29. The number of hydrogen-bond acceptors (Lipinski definition) is 6. The number of nitrogens with zero attached hydrogens (tertiary/aromatic N) is 2. The van der Waals surface area contributed by atoms with Crippen molar-refractivity contribution in [3.63, 3.8) is 0 Å². The number of aliphatic hydroxyl groups is 1. The minimum absolute atomic E-state index is 0.130. The molecule has 2 aromatic rings. The van der Waals surface area contributed by atoms with Crippen LogP contribution >= 0.6 is 0 Å². The van der Waals surface area contributed by atoms with E-state index in [1.807, 2.05) is 37.3 Å². The quantitative estimate of drug-likeness (QED) is 0.397. The topological polar surface area (TPSA) is 79.3 Å². The second-order valence-electron chi connectivity index (χ2n) is 8.39. The van der Waals surface area contributed by atoms with Gasteiger partial charge in [0.05, 0.1) is 31.9 Å². The molecule has 2 heterocycles. The molecule has 0 saturated carbocycles. The Morgan fingerprint density at radius 3 is 2.48 bits per heavy atom. The van der Waals surface area contributed by atoms with Gasteiger partial charge in [0.2, 0.25) is 0 Å². The van der Waals surface area contributed by atoms with Crippen molar-refractivity contribution >= 4 is 17.4 Å². The van der Waals surface area contributed by atoms with Crippen molar-refractivity contribution < 1.29 is 24.2 Å². The summed E-state index contributed by atoms with van der Waals surface area (Å²) in [7, 11) is 1.58. The lowest BCUT2D eigenvalue weighted by molar-refractivity contribution is -0.140. The van der Waals surface area contributed by atoms with Gasteiger partial charge in [-0.1, -0.05) is 30.3 Å². The summed E-state index contributed by atoms with van der Waals surface area (Å²) in [6.45, 7) is 6.28. The summed E-state index contributed by atoms with van der Waals surface area (Å²) in [4.78, 5) is 30.1. The first-order valence-corrected chi connectivity index (χ1v) is 11.3. The third kappa shape index (κ3) is 4.79. The van der Waals surface area contributed by atoms with Crippen molar-refractivity contribution in [1.29, 1.82) is 0 Å². The summed E-state index contributed by atoms with van der Waals surface area (Å²) in [5.74, 6) is -0.716. The molecule has 0 bridgehead atoms. The van der Waals surface area contributed by atoms with Crippen LogP contribution in [-0.4, -0.2) is 73.1 Å².